The molecule has 0 bridgehead atoms. The third-order valence-corrected chi connectivity index (χ3v) is 5.73. The van der Waals surface area contributed by atoms with E-state index in [4.69, 9.17) is 0 Å². The van der Waals surface area contributed by atoms with Gasteiger partial charge in [-0.1, -0.05) is 30.3 Å². The molecule has 1 fully saturated rings. The lowest BCUT2D eigenvalue weighted by Gasteiger charge is -2.12. The molecule has 6 heteroatoms. The summed E-state index contributed by atoms with van der Waals surface area (Å²) in [5.41, 5.74) is 1.27. The maximum atomic E-state index is 12.4. The summed E-state index contributed by atoms with van der Waals surface area (Å²) in [6, 6.07) is 15.2. The quantitative estimate of drug-likeness (QED) is 0.873. The molecule has 0 aliphatic carbocycles. The zero-order chi connectivity index (χ0) is 17.0. The van der Waals surface area contributed by atoms with Crippen molar-refractivity contribution in [3.05, 3.63) is 60.2 Å². The summed E-state index contributed by atoms with van der Waals surface area (Å²) in [6.07, 6.45) is 1.82. The Morgan fingerprint density at radius 3 is 2.62 bits per heavy atom. The van der Waals surface area contributed by atoms with Gasteiger partial charge in [0.15, 0.2) is 9.84 Å². The molecule has 2 aromatic carbocycles. The van der Waals surface area contributed by atoms with E-state index in [0.29, 0.717) is 16.1 Å². The van der Waals surface area contributed by atoms with Gasteiger partial charge in [-0.2, -0.15) is 0 Å². The largest absolute Gasteiger partial charge is 0.325 e. The van der Waals surface area contributed by atoms with Gasteiger partial charge in [-0.3, -0.25) is 4.79 Å². The number of carbonyl (C=O) groups is 1. The average molecular weight is 344 g/mol. The van der Waals surface area contributed by atoms with Gasteiger partial charge in [-0.15, -0.1) is 0 Å². The molecular weight excluding hydrogens is 324 g/mol. The molecule has 1 aliphatic rings. The minimum Gasteiger partial charge on any atom is -0.325 e. The van der Waals surface area contributed by atoms with Gasteiger partial charge in [0.25, 0.3) is 0 Å². The zero-order valence-electron chi connectivity index (χ0n) is 13.2. The van der Waals surface area contributed by atoms with E-state index in [-0.39, 0.29) is 17.7 Å². The van der Waals surface area contributed by atoms with Gasteiger partial charge in [0, 0.05) is 5.69 Å². The minimum atomic E-state index is -3.40. The number of sulfone groups is 1. The summed E-state index contributed by atoms with van der Waals surface area (Å²) in [6.45, 7) is 0.855. The molecule has 0 aromatic heterocycles. The number of rotatable bonds is 5. The van der Waals surface area contributed by atoms with Crippen molar-refractivity contribution in [1.29, 1.82) is 0 Å². The van der Waals surface area contributed by atoms with Crippen LogP contribution in [0.25, 0.3) is 0 Å². The van der Waals surface area contributed by atoms with E-state index in [1.807, 2.05) is 0 Å². The highest BCUT2D eigenvalue weighted by molar-refractivity contribution is 7.90. The summed E-state index contributed by atoms with van der Waals surface area (Å²) in [7, 11) is -3.40. The first kappa shape index (κ1) is 16.7. The molecule has 2 N–H and O–H groups in total. The van der Waals surface area contributed by atoms with Crippen molar-refractivity contribution in [3.8, 4) is 0 Å². The highest BCUT2D eigenvalue weighted by atomic mass is 32.2. The Morgan fingerprint density at radius 2 is 1.92 bits per heavy atom. The monoisotopic (exact) mass is 344 g/mol. The van der Waals surface area contributed by atoms with Gasteiger partial charge < -0.3 is 10.6 Å². The molecule has 1 heterocycles. The van der Waals surface area contributed by atoms with Crippen LogP contribution >= 0.6 is 0 Å². The van der Waals surface area contributed by atoms with Crippen molar-refractivity contribution in [2.45, 2.75) is 29.5 Å². The number of hydrogen-bond donors (Lipinski definition) is 2. The molecular formula is C18H20N2O3S. The second kappa shape index (κ2) is 7.15. The molecule has 1 aliphatic heterocycles. The molecule has 1 saturated heterocycles. The van der Waals surface area contributed by atoms with Crippen LogP contribution in [-0.4, -0.2) is 26.9 Å². The lowest BCUT2D eigenvalue weighted by atomic mass is 10.2. The standard InChI is InChI=1S/C18H20N2O3S/c21-18(17-10-5-11-19-17)20-15-7-4-6-14(12-15)13-24(22,23)16-8-2-1-3-9-16/h1-4,6-9,12,17,19H,5,10-11,13H2,(H,20,21). The van der Waals surface area contributed by atoms with Crippen LogP contribution in [0.5, 0.6) is 0 Å². The topological polar surface area (TPSA) is 75.3 Å². The second-order valence-corrected chi connectivity index (χ2v) is 7.90. The highest BCUT2D eigenvalue weighted by Crippen LogP contribution is 2.19. The van der Waals surface area contributed by atoms with Crippen LogP contribution in [0.4, 0.5) is 5.69 Å². The summed E-state index contributed by atoms with van der Waals surface area (Å²) in [4.78, 5) is 12.4. The Labute approximate surface area is 142 Å². The zero-order valence-corrected chi connectivity index (χ0v) is 14.1. The van der Waals surface area contributed by atoms with Gasteiger partial charge in [-0.05, 0) is 49.2 Å². The van der Waals surface area contributed by atoms with Crippen LogP contribution in [-0.2, 0) is 20.4 Å². The fourth-order valence-corrected chi connectivity index (χ4v) is 4.16. The van der Waals surface area contributed by atoms with Crippen LogP contribution < -0.4 is 10.6 Å². The lowest BCUT2D eigenvalue weighted by Crippen LogP contribution is -2.35. The first-order chi connectivity index (χ1) is 11.5. The van der Waals surface area contributed by atoms with Gasteiger partial charge >= 0.3 is 0 Å². The van der Waals surface area contributed by atoms with E-state index in [1.54, 1.807) is 54.6 Å². The minimum absolute atomic E-state index is 0.0735. The van der Waals surface area contributed by atoms with Crippen molar-refractivity contribution < 1.29 is 13.2 Å². The molecule has 126 valence electrons. The highest BCUT2D eigenvalue weighted by Gasteiger charge is 2.22. The first-order valence-corrected chi connectivity index (χ1v) is 9.61. The Kier molecular flexibility index (Phi) is 4.97. The number of hydrogen-bond acceptors (Lipinski definition) is 4. The molecule has 5 nitrogen and oxygen atoms in total. The molecule has 0 radical (unpaired) electrons. The van der Waals surface area contributed by atoms with Crippen LogP contribution in [0.15, 0.2) is 59.5 Å². The number of carbonyl (C=O) groups excluding carboxylic acids is 1. The molecule has 1 unspecified atom stereocenters. The normalized spacial score (nSPS) is 17.6. The van der Waals surface area contributed by atoms with E-state index in [1.165, 1.54) is 0 Å². The Balaban J connectivity index is 1.72. The predicted octanol–water partition coefficient (Wildman–Crippen LogP) is 2.35. The SMILES string of the molecule is O=C(Nc1cccc(CS(=O)(=O)c2ccccc2)c1)C1CCCN1. The van der Waals surface area contributed by atoms with E-state index in [9.17, 15) is 13.2 Å². The predicted molar refractivity (Wildman–Crippen MR) is 93.4 cm³/mol. The molecule has 3 rings (SSSR count). The van der Waals surface area contributed by atoms with E-state index in [2.05, 4.69) is 10.6 Å². The van der Waals surface area contributed by atoms with Crippen molar-refractivity contribution >= 4 is 21.4 Å². The van der Waals surface area contributed by atoms with Crippen molar-refractivity contribution in [2.24, 2.45) is 0 Å². The number of nitrogens with one attached hydrogen (secondary N) is 2. The molecule has 1 amide bonds. The van der Waals surface area contributed by atoms with Crippen molar-refractivity contribution in [1.82, 2.24) is 5.32 Å². The van der Waals surface area contributed by atoms with Gasteiger partial charge in [0.1, 0.15) is 0 Å². The first-order valence-electron chi connectivity index (χ1n) is 7.96. The third-order valence-electron chi connectivity index (χ3n) is 4.03. The maximum absolute atomic E-state index is 12.4. The Hall–Kier alpha value is -2.18. The molecule has 24 heavy (non-hydrogen) atoms. The van der Waals surface area contributed by atoms with Crippen molar-refractivity contribution in [3.63, 3.8) is 0 Å². The van der Waals surface area contributed by atoms with Gasteiger partial charge in [-0.25, -0.2) is 8.42 Å². The Bertz CT molecular complexity index is 813. The lowest BCUT2D eigenvalue weighted by molar-refractivity contribution is -0.117. The molecule has 1 atom stereocenters. The van der Waals surface area contributed by atoms with Crippen molar-refractivity contribution in [2.75, 3.05) is 11.9 Å². The van der Waals surface area contributed by atoms with E-state index in [0.717, 1.165) is 19.4 Å². The van der Waals surface area contributed by atoms with Crippen LogP contribution in [0.1, 0.15) is 18.4 Å². The molecule has 2 aromatic rings. The summed E-state index contributed by atoms with van der Waals surface area (Å²) >= 11 is 0. The van der Waals surface area contributed by atoms with Gasteiger partial charge in [0.05, 0.1) is 16.7 Å². The van der Waals surface area contributed by atoms with Crippen LogP contribution in [0, 0.1) is 0 Å². The summed E-state index contributed by atoms with van der Waals surface area (Å²) in [5, 5.41) is 6.00. The van der Waals surface area contributed by atoms with Gasteiger partial charge in [0.2, 0.25) is 5.91 Å². The summed E-state index contributed by atoms with van der Waals surface area (Å²) in [5.74, 6) is -0.168. The summed E-state index contributed by atoms with van der Waals surface area (Å²) < 4.78 is 24.9. The van der Waals surface area contributed by atoms with Crippen LogP contribution in [0.3, 0.4) is 0 Å². The third kappa shape index (κ3) is 4.01. The molecule has 0 spiro atoms. The number of benzene rings is 2. The average Bonchev–Trinajstić information content (AvgIpc) is 3.10. The number of amides is 1. The smallest absolute Gasteiger partial charge is 0.241 e. The van der Waals surface area contributed by atoms with E-state index >= 15 is 0 Å². The fraction of sp³-hybridized carbons (Fsp3) is 0.278. The molecule has 0 saturated carbocycles. The second-order valence-electron chi connectivity index (χ2n) is 5.91. The fourth-order valence-electron chi connectivity index (χ4n) is 2.81. The van der Waals surface area contributed by atoms with E-state index < -0.39 is 9.84 Å². The Morgan fingerprint density at radius 1 is 1.12 bits per heavy atom. The van der Waals surface area contributed by atoms with Crippen LogP contribution in [0.2, 0.25) is 0 Å². The number of anilines is 1. The maximum Gasteiger partial charge on any atom is 0.241 e.